The minimum absolute atomic E-state index is 0.465. The first-order valence-electron chi connectivity index (χ1n) is 3.63. The zero-order valence-electron chi connectivity index (χ0n) is 7.10. The number of ether oxygens (including phenoxy) is 1. The first-order chi connectivity index (χ1) is 6.22. The quantitative estimate of drug-likeness (QED) is 0.708. The summed E-state index contributed by atoms with van der Waals surface area (Å²) in [5, 5.41) is 8.37. The molecule has 0 aromatic carbocycles. The van der Waals surface area contributed by atoms with Crippen LogP contribution in [0.1, 0.15) is 5.56 Å². The number of nitrogens with zero attached hydrogens (tertiary/aromatic N) is 1. The standard InChI is InChI=1S/C9H9NO3/c1-13-8-6-7(4-5-10-8)2-3-9(11)12/h2-6H,1H3,(H,11,12). The summed E-state index contributed by atoms with van der Waals surface area (Å²) in [6.45, 7) is 0. The molecular weight excluding hydrogens is 170 g/mol. The zero-order chi connectivity index (χ0) is 9.68. The Bertz CT molecular complexity index is 333. The Hall–Kier alpha value is -1.84. The zero-order valence-corrected chi connectivity index (χ0v) is 7.10. The second-order valence-corrected chi connectivity index (χ2v) is 2.30. The van der Waals surface area contributed by atoms with Crippen LogP contribution in [-0.4, -0.2) is 23.2 Å². The predicted molar refractivity (Wildman–Crippen MR) is 47.5 cm³/mol. The molecule has 1 N–H and O–H groups in total. The van der Waals surface area contributed by atoms with Crippen molar-refractivity contribution in [3.63, 3.8) is 0 Å². The Labute approximate surface area is 75.5 Å². The van der Waals surface area contributed by atoms with Gasteiger partial charge in [-0.25, -0.2) is 9.78 Å². The number of carbonyl (C=O) groups is 1. The first kappa shape index (κ1) is 9.25. The van der Waals surface area contributed by atoms with E-state index >= 15 is 0 Å². The highest BCUT2D eigenvalue weighted by molar-refractivity contribution is 5.85. The lowest BCUT2D eigenvalue weighted by Gasteiger charge is -1.97. The van der Waals surface area contributed by atoms with Crippen molar-refractivity contribution in [2.75, 3.05) is 7.11 Å². The SMILES string of the molecule is COc1cc(C=CC(=O)O)ccn1. The molecule has 4 nitrogen and oxygen atoms in total. The number of methoxy groups -OCH3 is 1. The minimum Gasteiger partial charge on any atom is -0.481 e. The number of hydrogen-bond donors (Lipinski definition) is 1. The summed E-state index contributed by atoms with van der Waals surface area (Å²) >= 11 is 0. The van der Waals surface area contributed by atoms with Crippen molar-refractivity contribution in [1.82, 2.24) is 4.98 Å². The number of aliphatic carboxylic acids is 1. The monoisotopic (exact) mass is 179 g/mol. The van der Waals surface area contributed by atoms with Crippen molar-refractivity contribution in [1.29, 1.82) is 0 Å². The van der Waals surface area contributed by atoms with E-state index in [1.807, 2.05) is 0 Å². The van der Waals surface area contributed by atoms with Gasteiger partial charge < -0.3 is 9.84 Å². The van der Waals surface area contributed by atoms with Crippen LogP contribution in [0.15, 0.2) is 24.4 Å². The minimum atomic E-state index is -0.976. The van der Waals surface area contributed by atoms with E-state index < -0.39 is 5.97 Å². The van der Waals surface area contributed by atoms with Gasteiger partial charge in [0.15, 0.2) is 0 Å². The fraction of sp³-hybridized carbons (Fsp3) is 0.111. The smallest absolute Gasteiger partial charge is 0.328 e. The Kier molecular flexibility index (Phi) is 3.03. The average molecular weight is 179 g/mol. The maximum absolute atomic E-state index is 10.2. The molecule has 1 rings (SSSR count). The topological polar surface area (TPSA) is 59.4 Å². The van der Waals surface area contributed by atoms with Gasteiger partial charge in [-0.2, -0.15) is 0 Å². The normalized spacial score (nSPS) is 10.2. The van der Waals surface area contributed by atoms with Gasteiger partial charge in [0.2, 0.25) is 5.88 Å². The summed E-state index contributed by atoms with van der Waals surface area (Å²) < 4.78 is 4.87. The van der Waals surface area contributed by atoms with E-state index in [4.69, 9.17) is 9.84 Å². The fourth-order valence-corrected chi connectivity index (χ4v) is 0.808. The summed E-state index contributed by atoms with van der Waals surface area (Å²) in [6, 6.07) is 3.35. The summed E-state index contributed by atoms with van der Waals surface area (Å²) in [5.74, 6) is -0.511. The van der Waals surface area contributed by atoms with Crippen LogP contribution in [0.25, 0.3) is 6.08 Å². The van der Waals surface area contributed by atoms with Crippen molar-refractivity contribution in [3.8, 4) is 5.88 Å². The first-order valence-corrected chi connectivity index (χ1v) is 3.63. The van der Waals surface area contributed by atoms with E-state index in [-0.39, 0.29) is 0 Å². The van der Waals surface area contributed by atoms with Gasteiger partial charge >= 0.3 is 5.97 Å². The van der Waals surface area contributed by atoms with Crippen molar-refractivity contribution in [3.05, 3.63) is 30.0 Å². The van der Waals surface area contributed by atoms with Gasteiger partial charge in [-0.1, -0.05) is 0 Å². The van der Waals surface area contributed by atoms with E-state index in [1.54, 1.807) is 18.3 Å². The third kappa shape index (κ3) is 2.94. The summed E-state index contributed by atoms with van der Waals surface area (Å²) in [4.78, 5) is 14.1. The van der Waals surface area contributed by atoms with Gasteiger partial charge in [-0.15, -0.1) is 0 Å². The molecule has 0 saturated carbocycles. The van der Waals surface area contributed by atoms with Crippen molar-refractivity contribution >= 4 is 12.0 Å². The van der Waals surface area contributed by atoms with E-state index in [2.05, 4.69) is 4.98 Å². The second-order valence-electron chi connectivity index (χ2n) is 2.30. The molecule has 0 bridgehead atoms. The Morgan fingerprint density at radius 2 is 2.46 bits per heavy atom. The van der Waals surface area contributed by atoms with Crippen LogP contribution in [0.2, 0.25) is 0 Å². The molecule has 0 aliphatic heterocycles. The van der Waals surface area contributed by atoms with E-state index in [0.717, 1.165) is 11.6 Å². The highest BCUT2D eigenvalue weighted by atomic mass is 16.5. The third-order valence-electron chi connectivity index (χ3n) is 1.39. The van der Waals surface area contributed by atoms with Crippen LogP contribution in [0, 0.1) is 0 Å². The molecule has 1 aromatic heterocycles. The molecule has 0 radical (unpaired) electrons. The number of carboxylic acids is 1. The van der Waals surface area contributed by atoms with Gasteiger partial charge in [-0.05, 0) is 17.7 Å². The Morgan fingerprint density at radius 1 is 1.69 bits per heavy atom. The Balaban J connectivity index is 2.83. The molecule has 4 heteroatoms. The molecule has 1 heterocycles. The van der Waals surface area contributed by atoms with Crippen LogP contribution in [-0.2, 0) is 4.79 Å². The highest BCUT2D eigenvalue weighted by Gasteiger charge is 1.93. The van der Waals surface area contributed by atoms with Crippen molar-refractivity contribution < 1.29 is 14.6 Å². The van der Waals surface area contributed by atoms with Gasteiger partial charge in [0.25, 0.3) is 0 Å². The van der Waals surface area contributed by atoms with E-state index in [9.17, 15) is 4.79 Å². The lowest BCUT2D eigenvalue weighted by atomic mass is 10.2. The molecule has 0 aliphatic rings. The molecule has 0 amide bonds. The summed E-state index contributed by atoms with van der Waals surface area (Å²) in [6.07, 6.45) is 4.10. The predicted octanol–water partition coefficient (Wildman–Crippen LogP) is 1.19. The van der Waals surface area contributed by atoms with Crippen molar-refractivity contribution in [2.45, 2.75) is 0 Å². The van der Waals surface area contributed by atoms with E-state index in [1.165, 1.54) is 13.2 Å². The molecule has 13 heavy (non-hydrogen) atoms. The Morgan fingerprint density at radius 3 is 3.08 bits per heavy atom. The van der Waals surface area contributed by atoms with Gasteiger partial charge in [0, 0.05) is 18.3 Å². The van der Waals surface area contributed by atoms with Crippen LogP contribution in [0.5, 0.6) is 5.88 Å². The lowest BCUT2D eigenvalue weighted by Crippen LogP contribution is -1.88. The number of pyridine rings is 1. The van der Waals surface area contributed by atoms with Crippen LogP contribution in [0.4, 0.5) is 0 Å². The average Bonchev–Trinajstić information content (AvgIpc) is 2.15. The molecule has 0 atom stereocenters. The molecule has 0 saturated heterocycles. The lowest BCUT2D eigenvalue weighted by molar-refractivity contribution is -0.131. The van der Waals surface area contributed by atoms with Crippen LogP contribution < -0.4 is 4.74 Å². The fourth-order valence-electron chi connectivity index (χ4n) is 0.808. The molecular formula is C9H9NO3. The van der Waals surface area contributed by atoms with Gasteiger partial charge in [-0.3, -0.25) is 0 Å². The third-order valence-corrected chi connectivity index (χ3v) is 1.39. The number of carboxylic acid groups (broad SMARTS) is 1. The molecule has 0 unspecified atom stereocenters. The van der Waals surface area contributed by atoms with Gasteiger partial charge in [0.1, 0.15) is 0 Å². The molecule has 0 spiro atoms. The van der Waals surface area contributed by atoms with Gasteiger partial charge in [0.05, 0.1) is 7.11 Å². The van der Waals surface area contributed by atoms with E-state index in [0.29, 0.717) is 5.88 Å². The molecule has 68 valence electrons. The molecule has 0 aliphatic carbocycles. The summed E-state index contributed by atoms with van der Waals surface area (Å²) in [7, 11) is 1.51. The number of hydrogen-bond acceptors (Lipinski definition) is 3. The second kappa shape index (κ2) is 4.25. The summed E-state index contributed by atoms with van der Waals surface area (Å²) in [5.41, 5.74) is 0.745. The number of rotatable bonds is 3. The molecule has 0 fully saturated rings. The van der Waals surface area contributed by atoms with Crippen molar-refractivity contribution in [2.24, 2.45) is 0 Å². The number of aromatic nitrogens is 1. The molecule has 1 aromatic rings. The highest BCUT2D eigenvalue weighted by Crippen LogP contribution is 2.09. The van der Waals surface area contributed by atoms with Crippen LogP contribution in [0.3, 0.4) is 0 Å². The van der Waals surface area contributed by atoms with Crippen LogP contribution >= 0.6 is 0 Å². The largest absolute Gasteiger partial charge is 0.481 e. The maximum atomic E-state index is 10.2. The maximum Gasteiger partial charge on any atom is 0.328 e.